The first kappa shape index (κ1) is 18.4. The number of anilines is 2. The van der Waals surface area contributed by atoms with Gasteiger partial charge in [-0.1, -0.05) is 48.5 Å². The van der Waals surface area contributed by atoms with Crippen LogP contribution in [-0.4, -0.2) is 23.8 Å². The van der Waals surface area contributed by atoms with Gasteiger partial charge in [-0.25, -0.2) is 4.79 Å². The molecule has 0 aliphatic carbocycles. The number of amides is 2. The van der Waals surface area contributed by atoms with E-state index in [0.717, 1.165) is 0 Å². The third-order valence-electron chi connectivity index (χ3n) is 4.59. The molecule has 3 aromatic rings. The second kappa shape index (κ2) is 7.98. The fraction of sp³-hybridized carbons (Fsp3) is 0.0870. The Bertz CT molecular complexity index is 1050. The summed E-state index contributed by atoms with van der Waals surface area (Å²) in [6.45, 7) is 0. The van der Waals surface area contributed by atoms with Crippen molar-refractivity contribution in [3.05, 3.63) is 90.5 Å². The Kier molecular flexibility index (Phi) is 5.07. The second-order valence-electron chi connectivity index (χ2n) is 6.56. The lowest BCUT2D eigenvalue weighted by molar-refractivity contribution is -0.138. The number of rotatable bonds is 4. The maximum absolute atomic E-state index is 13.2. The summed E-state index contributed by atoms with van der Waals surface area (Å²) in [4.78, 5) is 39.9. The molecule has 0 aromatic heterocycles. The van der Waals surface area contributed by atoms with Gasteiger partial charge in [0.05, 0.1) is 12.1 Å². The molecule has 0 saturated heterocycles. The summed E-state index contributed by atoms with van der Waals surface area (Å²) in [6.07, 6.45) is -0.222. The fourth-order valence-electron chi connectivity index (χ4n) is 3.25. The molecule has 0 saturated carbocycles. The van der Waals surface area contributed by atoms with Crippen LogP contribution in [0.3, 0.4) is 0 Å². The molecular weight excluding hydrogens is 368 g/mol. The van der Waals surface area contributed by atoms with Gasteiger partial charge in [-0.05, 0) is 36.4 Å². The summed E-state index contributed by atoms with van der Waals surface area (Å²) in [5, 5.41) is 2.75. The molecule has 29 heavy (non-hydrogen) atoms. The molecule has 6 nitrogen and oxygen atoms in total. The molecule has 3 aromatic carbocycles. The molecule has 144 valence electrons. The second-order valence-corrected chi connectivity index (χ2v) is 6.56. The van der Waals surface area contributed by atoms with Crippen molar-refractivity contribution in [2.24, 2.45) is 0 Å². The smallest absolute Gasteiger partial charge is 0.335 e. The number of para-hydroxylation sites is 3. The first-order valence-corrected chi connectivity index (χ1v) is 9.18. The summed E-state index contributed by atoms with van der Waals surface area (Å²) in [5.74, 6) is -1.10. The third kappa shape index (κ3) is 3.87. The average Bonchev–Trinajstić information content (AvgIpc) is 2.75. The number of carbonyl (C=O) groups excluding carboxylic acids is 3. The molecule has 1 aliphatic heterocycles. The van der Waals surface area contributed by atoms with Crippen LogP contribution in [0.4, 0.5) is 11.4 Å². The number of ether oxygens (including phenoxy) is 1. The summed E-state index contributed by atoms with van der Waals surface area (Å²) in [5.41, 5.74) is 1.49. The predicted octanol–water partition coefficient (Wildman–Crippen LogP) is 3.65. The largest absolute Gasteiger partial charge is 0.423 e. The van der Waals surface area contributed by atoms with Crippen molar-refractivity contribution < 1.29 is 19.1 Å². The first-order valence-electron chi connectivity index (χ1n) is 9.18. The molecule has 0 spiro atoms. The molecule has 0 fully saturated rings. The minimum absolute atomic E-state index is 0.222. The summed E-state index contributed by atoms with van der Waals surface area (Å²) in [7, 11) is 0. The molecule has 2 amide bonds. The Morgan fingerprint density at radius 2 is 1.48 bits per heavy atom. The van der Waals surface area contributed by atoms with E-state index >= 15 is 0 Å². The van der Waals surface area contributed by atoms with E-state index < -0.39 is 12.0 Å². The van der Waals surface area contributed by atoms with E-state index in [0.29, 0.717) is 22.7 Å². The Labute approximate surface area is 167 Å². The van der Waals surface area contributed by atoms with E-state index in [9.17, 15) is 14.4 Å². The lowest BCUT2D eigenvalue weighted by Gasteiger charge is -2.35. The SMILES string of the molecule is O=C(CC1C(=O)Oc2ccccc2N1C(=O)c1ccccc1)Nc1ccccc1. The number of nitrogens with zero attached hydrogens (tertiary/aromatic N) is 1. The van der Waals surface area contributed by atoms with Gasteiger partial charge in [0.25, 0.3) is 5.91 Å². The van der Waals surface area contributed by atoms with Crippen molar-refractivity contribution in [2.75, 3.05) is 10.2 Å². The van der Waals surface area contributed by atoms with Crippen LogP contribution in [0.1, 0.15) is 16.8 Å². The van der Waals surface area contributed by atoms with E-state index in [2.05, 4.69) is 5.32 Å². The van der Waals surface area contributed by atoms with Gasteiger partial charge in [0.1, 0.15) is 6.04 Å². The zero-order valence-corrected chi connectivity index (χ0v) is 15.4. The standard InChI is InChI=1S/C23H18N2O4/c26-21(24-17-11-5-2-6-12-17)15-19-23(28)29-20-14-8-7-13-18(20)25(19)22(27)16-9-3-1-4-10-16/h1-14,19H,15H2,(H,24,26). The monoisotopic (exact) mass is 386 g/mol. The van der Waals surface area contributed by atoms with Crippen LogP contribution in [0.15, 0.2) is 84.9 Å². The number of fused-ring (bicyclic) bond motifs is 1. The van der Waals surface area contributed by atoms with Crippen LogP contribution in [0, 0.1) is 0 Å². The number of hydrogen-bond acceptors (Lipinski definition) is 4. The van der Waals surface area contributed by atoms with Crippen molar-refractivity contribution in [3.8, 4) is 5.75 Å². The van der Waals surface area contributed by atoms with Crippen molar-refractivity contribution in [3.63, 3.8) is 0 Å². The Balaban J connectivity index is 1.66. The maximum Gasteiger partial charge on any atom is 0.335 e. The lowest BCUT2D eigenvalue weighted by atomic mass is 10.0. The maximum atomic E-state index is 13.2. The number of benzene rings is 3. The van der Waals surface area contributed by atoms with Gasteiger partial charge in [-0.3, -0.25) is 14.5 Å². The fourth-order valence-corrected chi connectivity index (χ4v) is 3.25. The van der Waals surface area contributed by atoms with Crippen LogP contribution in [0.5, 0.6) is 5.75 Å². The molecular formula is C23H18N2O4. The van der Waals surface area contributed by atoms with Crippen LogP contribution in [0.25, 0.3) is 0 Å². The van der Waals surface area contributed by atoms with Gasteiger partial charge in [0.15, 0.2) is 5.75 Å². The van der Waals surface area contributed by atoms with Gasteiger partial charge in [-0.2, -0.15) is 0 Å². The van der Waals surface area contributed by atoms with Crippen molar-refractivity contribution in [1.29, 1.82) is 0 Å². The minimum atomic E-state index is -1.07. The zero-order valence-electron chi connectivity index (χ0n) is 15.4. The van der Waals surface area contributed by atoms with Crippen LogP contribution in [-0.2, 0) is 9.59 Å². The number of nitrogens with one attached hydrogen (secondary N) is 1. The molecule has 1 unspecified atom stereocenters. The molecule has 1 N–H and O–H groups in total. The van der Waals surface area contributed by atoms with Gasteiger partial charge >= 0.3 is 5.97 Å². The molecule has 0 radical (unpaired) electrons. The quantitative estimate of drug-likeness (QED) is 0.549. The Morgan fingerprint density at radius 1 is 0.862 bits per heavy atom. The topological polar surface area (TPSA) is 75.7 Å². The first-order chi connectivity index (χ1) is 14.1. The molecule has 4 rings (SSSR count). The molecule has 1 atom stereocenters. The molecule has 0 bridgehead atoms. The van der Waals surface area contributed by atoms with Crippen molar-refractivity contribution in [1.82, 2.24) is 0 Å². The molecule has 6 heteroatoms. The highest BCUT2D eigenvalue weighted by Crippen LogP contribution is 2.36. The van der Waals surface area contributed by atoms with Crippen LogP contribution < -0.4 is 15.0 Å². The van der Waals surface area contributed by atoms with Gasteiger partial charge in [0.2, 0.25) is 5.91 Å². The predicted molar refractivity (Wildman–Crippen MR) is 109 cm³/mol. The third-order valence-corrected chi connectivity index (χ3v) is 4.59. The van der Waals surface area contributed by atoms with E-state index in [1.54, 1.807) is 78.9 Å². The highest BCUT2D eigenvalue weighted by molar-refractivity contribution is 6.12. The average molecular weight is 386 g/mol. The highest BCUT2D eigenvalue weighted by Gasteiger charge is 2.40. The highest BCUT2D eigenvalue weighted by atomic mass is 16.5. The number of carbonyl (C=O) groups is 3. The Hall–Kier alpha value is -3.93. The van der Waals surface area contributed by atoms with E-state index in [-0.39, 0.29) is 18.2 Å². The Morgan fingerprint density at radius 3 is 2.21 bits per heavy atom. The van der Waals surface area contributed by atoms with Gasteiger partial charge < -0.3 is 10.1 Å². The van der Waals surface area contributed by atoms with Gasteiger partial charge in [-0.15, -0.1) is 0 Å². The molecule has 1 aliphatic rings. The van der Waals surface area contributed by atoms with Crippen LogP contribution >= 0.6 is 0 Å². The van der Waals surface area contributed by atoms with Crippen molar-refractivity contribution >= 4 is 29.2 Å². The lowest BCUT2D eigenvalue weighted by Crippen LogP contribution is -2.51. The van der Waals surface area contributed by atoms with Crippen LogP contribution in [0.2, 0.25) is 0 Å². The zero-order chi connectivity index (χ0) is 20.2. The minimum Gasteiger partial charge on any atom is -0.423 e. The summed E-state index contributed by atoms with van der Waals surface area (Å²) in [6, 6.07) is 23.3. The number of hydrogen-bond donors (Lipinski definition) is 1. The van der Waals surface area contributed by atoms with E-state index in [4.69, 9.17) is 4.74 Å². The van der Waals surface area contributed by atoms with Gasteiger partial charge in [0, 0.05) is 11.3 Å². The normalized spacial score (nSPS) is 15.2. The summed E-state index contributed by atoms with van der Waals surface area (Å²) >= 11 is 0. The summed E-state index contributed by atoms with van der Waals surface area (Å²) < 4.78 is 5.40. The number of esters is 1. The van der Waals surface area contributed by atoms with E-state index in [1.807, 2.05) is 6.07 Å². The van der Waals surface area contributed by atoms with Crippen molar-refractivity contribution in [2.45, 2.75) is 12.5 Å². The molecule has 1 heterocycles. The van der Waals surface area contributed by atoms with E-state index in [1.165, 1.54) is 4.90 Å².